The Morgan fingerprint density at radius 2 is 2.38 bits per heavy atom. The van der Waals surface area contributed by atoms with E-state index in [1.165, 1.54) is 30.5 Å². The summed E-state index contributed by atoms with van der Waals surface area (Å²) in [5.74, 6) is 0.707. The second kappa shape index (κ2) is 6.02. The second-order valence-corrected chi connectivity index (χ2v) is 4.72. The topological polar surface area (TPSA) is 21.3 Å². The first-order chi connectivity index (χ1) is 7.84. The van der Waals surface area contributed by atoms with Gasteiger partial charge in [-0.15, -0.1) is 0 Å². The maximum absolute atomic E-state index is 5.77. The number of nitrogens with one attached hydrogen (secondary N) is 1. The van der Waals surface area contributed by atoms with Crippen LogP contribution in [0.25, 0.3) is 0 Å². The number of piperidine rings is 1. The van der Waals surface area contributed by atoms with Gasteiger partial charge in [0.1, 0.15) is 0 Å². The number of hydrogen-bond donors (Lipinski definition) is 1. The smallest absolute Gasteiger partial charge is 0.0717 e. The molecule has 1 aliphatic rings. The van der Waals surface area contributed by atoms with E-state index in [0.717, 1.165) is 19.8 Å². The highest BCUT2D eigenvalue weighted by atomic mass is 16.5. The summed E-state index contributed by atoms with van der Waals surface area (Å²) in [6, 6.07) is 8.54. The van der Waals surface area contributed by atoms with Crippen LogP contribution < -0.4 is 5.32 Å². The van der Waals surface area contributed by atoms with Crippen molar-refractivity contribution >= 4 is 0 Å². The molecular formula is C14H21NO. The quantitative estimate of drug-likeness (QED) is 0.840. The fourth-order valence-electron chi connectivity index (χ4n) is 2.21. The van der Waals surface area contributed by atoms with Crippen molar-refractivity contribution in [2.24, 2.45) is 5.92 Å². The molecule has 1 aliphatic heterocycles. The molecule has 0 unspecified atom stereocenters. The minimum absolute atomic E-state index is 0.707. The molecule has 1 saturated heterocycles. The highest BCUT2D eigenvalue weighted by Gasteiger charge is 2.12. The summed E-state index contributed by atoms with van der Waals surface area (Å²) in [5.41, 5.74) is 2.59. The molecule has 88 valence electrons. The molecule has 0 radical (unpaired) electrons. The van der Waals surface area contributed by atoms with Gasteiger partial charge in [0.25, 0.3) is 0 Å². The molecule has 0 aromatic heterocycles. The van der Waals surface area contributed by atoms with Gasteiger partial charge in [0.05, 0.1) is 13.2 Å². The molecule has 1 fully saturated rings. The molecule has 16 heavy (non-hydrogen) atoms. The maximum atomic E-state index is 5.77. The van der Waals surface area contributed by atoms with Crippen molar-refractivity contribution in [1.82, 2.24) is 5.32 Å². The molecule has 2 heteroatoms. The fraction of sp³-hybridized carbons (Fsp3) is 0.571. The van der Waals surface area contributed by atoms with Crippen LogP contribution in [0, 0.1) is 12.8 Å². The van der Waals surface area contributed by atoms with Crippen LogP contribution >= 0.6 is 0 Å². The van der Waals surface area contributed by atoms with Gasteiger partial charge in [-0.1, -0.05) is 29.8 Å². The summed E-state index contributed by atoms with van der Waals surface area (Å²) in [4.78, 5) is 0. The van der Waals surface area contributed by atoms with Crippen molar-refractivity contribution < 1.29 is 4.74 Å². The molecule has 0 spiro atoms. The largest absolute Gasteiger partial charge is 0.376 e. The van der Waals surface area contributed by atoms with E-state index in [2.05, 4.69) is 36.5 Å². The van der Waals surface area contributed by atoms with Crippen molar-refractivity contribution in [2.45, 2.75) is 26.4 Å². The zero-order chi connectivity index (χ0) is 11.2. The van der Waals surface area contributed by atoms with E-state index >= 15 is 0 Å². The number of rotatable bonds is 4. The van der Waals surface area contributed by atoms with E-state index < -0.39 is 0 Å². The van der Waals surface area contributed by atoms with E-state index in [-0.39, 0.29) is 0 Å². The zero-order valence-electron chi connectivity index (χ0n) is 10.0. The Labute approximate surface area is 98.0 Å². The van der Waals surface area contributed by atoms with E-state index in [9.17, 15) is 0 Å². The molecule has 1 atom stereocenters. The van der Waals surface area contributed by atoms with Crippen LogP contribution in [0.15, 0.2) is 24.3 Å². The Kier molecular flexibility index (Phi) is 4.37. The summed E-state index contributed by atoms with van der Waals surface area (Å²) in [6.45, 7) is 6.05. The van der Waals surface area contributed by atoms with E-state index in [0.29, 0.717) is 5.92 Å². The van der Waals surface area contributed by atoms with Gasteiger partial charge in [-0.05, 0) is 37.8 Å². The maximum Gasteiger partial charge on any atom is 0.0717 e. The Morgan fingerprint density at radius 3 is 3.12 bits per heavy atom. The van der Waals surface area contributed by atoms with Gasteiger partial charge < -0.3 is 10.1 Å². The average molecular weight is 219 g/mol. The first-order valence-electron chi connectivity index (χ1n) is 6.18. The minimum atomic E-state index is 0.707. The molecule has 0 amide bonds. The van der Waals surface area contributed by atoms with E-state index in [1.807, 2.05) is 0 Å². The first-order valence-corrected chi connectivity index (χ1v) is 6.18. The number of aryl methyl sites for hydroxylation is 1. The third-order valence-electron chi connectivity index (χ3n) is 3.10. The standard InChI is InChI=1S/C14H21NO/c1-12-4-2-5-13(8-12)10-16-11-14-6-3-7-15-9-14/h2,4-5,8,14-15H,3,6-7,9-11H2,1H3/t14-/m1/s1. The van der Waals surface area contributed by atoms with Gasteiger partial charge in [0, 0.05) is 6.54 Å². The summed E-state index contributed by atoms with van der Waals surface area (Å²) in [7, 11) is 0. The van der Waals surface area contributed by atoms with Crippen molar-refractivity contribution in [1.29, 1.82) is 0 Å². The first kappa shape index (κ1) is 11.6. The Hall–Kier alpha value is -0.860. The molecule has 2 rings (SSSR count). The summed E-state index contributed by atoms with van der Waals surface area (Å²) in [6.07, 6.45) is 2.60. The van der Waals surface area contributed by atoms with Crippen LogP contribution in [-0.4, -0.2) is 19.7 Å². The lowest BCUT2D eigenvalue weighted by Gasteiger charge is -2.22. The fourth-order valence-corrected chi connectivity index (χ4v) is 2.21. The second-order valence-electron chi connectivity index (χ2n) is 4.72. The third-order valence-corrected chi connectivity index (χ3v) is 3.10. The Morgan fingerprint density at radius 1 is 1.44 bits per heavy atom. The number of ether oxygens (including phenoxy) is 1. The van der Waals surface area contributed by atoms with Gasteiger partial charge in [-0.25, -0.2) is 0 Å². The van der Waals surface area contributed by atoms with Crippen molar-refractivity contribution in [3.8, 4) is 0 Å². The van der Waals surface area contributed by atoms with Crippen molar-refractivity contribution in [3.05, 3.63) is 35.4 Å². The van der Waals surface area contributed by atoms with Crippen molar-refractivity contribution in [2.75, 3.05) is 19.7 Å². The molecule has 0 bridgehead atoms. The van der Waals surface area contributed by atoms with Crippen LogP contribution in [0.4, 0.5) is 0 Å². The number of benzene rings is 1. The van der Waals surface area contributed by atoms with Crippen LogP contribution in [0.5, 0.6) is 0 Å². The molecule has 1 N–H and O–H groups in total. The average Bonchev–Trinajstić information content (AvgIpc) is 2.30. The highest BCUT2D eigenvalue weighted by molar-refractivity contribution is 5.21. The number of hydrogen-bond acceptors (Lipinski definition) is 2. The van der Waals surface area contributed by atoms with E-state index in [4.69, 9.17) is 4.74 Å². The molecule has 2 nitrogen and oxygen atoms in total. The molecule has 1 aromatic carbocycles. The lowest BCUT2D eigenvalue weighted by Crippen LogP contribution is -2.32. The van der Waals surface area contributed by atoms with Crippen LogP contribution in [-0.2, 0) is 11.3 Å². The summed E-state index contributed by atoms with van der Waals surface area (Å²) >= 11 is 0. The van der Waals surface area contributed by atoms with Crippen LogP contribution in [0.3, 0.4) is 0 Å². The monoisotopic (exact) mass is 219 g/mol. The third kappa shape index (κ3) is 3.62. The molecule has 0 saturated carbocycles. The van der Waals surface area contributed by atoms with Crippen molar-refractivity contribution in [3.63, 3.8) is 0 Å². The molecular weight excluding hydrogens is 198 g/mol. The zero-order valence-corrected chi connectivity index (χ0v) is 10.0. The molecule has 1 aromatic rings. The van der Waals surface area contributed by atoms with Crippen LogP contribution in [0.2, 0.25) is 0 Å². The Balaban J connectivity index is 1.71. The molecule has 0 aliphatic carbocycles. The van der Waals surface area contributed by atoms with Gasteiger partial charge in [-0.2, -0.15) is 0 Å². The van der Waals surface area contributed by atoms with Crippen LogP contribution in [0.1, 0.15) is 24.0 Å². The predicted octanol–water partition coefficient (Wildman–Crippen LogP) is 2.51. The SMILES string of the molecule is Cc1cccc(COC[C@@H]2CCCNC2)c1. The predicted molar refractivity (Wildman–Crippen MR) is 66.4 cm³/mol. The molecule has 1 heterocycles. The Bertz CT molecular complexity index is 318. The summed E-state index contributed by atoms with van der Waals surface area (Å²) in [5, 5.41) is 3.41. The van der Waals surface area contributed by atoms with Gasteiger partial charge >= 0.3 is 0 Å². The van der Waals surface area contributed by atoms with Gasteiger partial charge in [0.15, 0.2) is 0 Å². The normalized spacial score (nSPS) is 20.9. The lowest BCUT2D eigenvalue weighted by molar-refractivity contribution is 0.0783. The minimum Gasteiger partial charge on any atom is -0.376 e. The summed E-state index contributed by atoms with van der Waals surface area (Å²) < 4.78 is 5.77. The van der Waals surface area contributed by atoms with Gasteiger partial charge in [-0.3, -0.25) is 0 Å². The highest BCUT2D eigenvalue weighted by Crippen LogP contribution is 2.12. The van der Waals surface area contributed by atoms with E-state index in [1.54, 1.807) is 0 Å². The lowest BCUT2D eigenvalue weighted by atomic mass is 10.0. The van der Waals surface area contributed by atoms with Gasteiger partial charge in [0.2, 0.25) is 0 Å².